The first-order valence-corrected chi connectivity index (χ1v) is 10.3. The number of ether oxygens (including phenoxy) is 1. The van der Waals surface area contributed by atoms with Crippen LogP contribution in [0, 0.1) is 6.92 Å². The van der Waals surface area contributed by atoms with Gasteiger partial charge in [-0.25, -0.2) is 4.79 Å². The van der Waals surface area contributed by atoms with Gasteiger partial charge in [0.1, 0.15) is 13.7 Å². The summed E-state index contributed by atoms with van der Waals surface area (Å²) in [5.41, 5.74) is 2.48. The highest BCUT2D eigenvalue weighted by Crippen LogP contribution is 2.42. The molecule has 0 heterocycles. The van der Waals surface area contributed by atoms with Gasteiger partial charge < -0.3 is 14.4 Å². The molecule has 176 valence electrons. The van der Waals surface area contributed by atoms with E-state index in [1.807, 2.05) is 13.0 Å². The number of rotatable bonds is 8. The molecule has 33 heavy (non-hydrogen) atoms. The molecule has 0 spiro atoms. The Kier molecular flexibility index (Phi) is 7.40. The van der Waals surface area contributed by atoms with Crippen molar-refractivity contribution in [2.75, 3.05) is 14.2 Å². The fourth-order valence-electron chi connectivity index (χ4n) is 3.42. The Hall–Kier alpha value is -3.36. The van der Waals surface area contributed by atoms with Gasteiger partial charge in [0.2, 0.25) is 0 Å². The van der Waals surface area contributed by atoms with E-state index in [0.29, 0.717) is 28.0 Å². The normalized spacial score (nSPS) is 14.8. The van der Waals surface area contributed by atoms with Crippen molar-refractivity contribution < 1.29 is 32.4 Å². The number of benzene rings is 2. The molecular weight excluding hydrogens is 437 g/mol. The third-order valence-corrected chi connectivity index (χ3v) is 5.39. The van der Waals surface area contributed by atoms with E-state index in [4.69, 9.17) is 14.4 Å². The minimum Gasteiger partial charge on any atom is -0.464 e. The first kappa shape index (κ1) is 24.3. The molecule has 0 radical (unpaired) electrons. The molecule has 9 heteroatoms. The Morgan fingerprint density at radius 2 is 1.85 bits per heavy atom. The number of nitrogens with zero attached hydrogens (tertiary/aromatic N) is 2. The summed E-state index contributed by atoms with van der Waals surface area (Å²) in [4.78, 5) is 22.4. The van der Waals surface area contributed by atoms with E-state index in [1.54, 1.807) is 25.1 Å². The number of oxime groups is 2. The number of hydrogen-bond donors (Lipinski definition) is 0. The summed E-state index contributed by atoms with van der Waals surface area (Å²) in [6.07, 6.45) is -2.67. The number of halogens is 3. The molecule has 0 amide bonds. The van der Waals surface area contributed by atoms with Crippen molar-refractivity contribution >= 4 is 17.4 Å². The molecule has 0 atom stereocenters. The fraction of sp³-hybridized carbons (Fsp3) is 0.375. The average molecular weight is 462 g/mol. The van der Waals surface area contributed by atoms with E-state index in [9.17, 15) is 18.0 Å². The maximum Gasteiger partial charge on any atom is 0.416 e. The second kappa shape index (κ2) is 10.1. The lowest BCUT2D eigenvalue weighted by molar-refractivity contribution is -0.137. The first-order chi connectivity index (χ1) is 15.7. The van der Waals surface area contributed by atoms with Crippen molar-refractivity contribution in [3.05, 3.63) is 69.8 Å². The van der Waals surface area contributed by atoms with Crippen molar-refractivity contribution in [3.8, 4) is 0 Å². The van der Waals surface area contributed by atoms with Gasteiger partial charge in [0.25, 0.3) is 0 Å². The van der Waals surface area contributed by atoms with E-state index in [2.05, 4.69) is 10.3 Å². The molecule has 0 N–H and O–H groups in total. The molecule has 3 rings (SSSR count). The van der Waals surface area contributed by atoms with Crippen molar-refractivity contribution in [1.29, 1.82) is 0 Å². The molecule has 2 aromatic carbocycles. The third kappa shape index (κ3) is 5.91. The summed E-state index contributed by atoms with van der Waals surface area (Å²) in [6, 6.07) is 9.26. The summed E-state index contributed by atoms with van der Waals surface area (Å²) < 4.78 is 44.9. The number of esters is 1. The lowest BCUT2D eigenvalue weighted by atomic mass is 9.99. The van der Waals surface area contributed by atoms with Crippen LogP contribution in [0.1, 0.15) is 59.1 Å². The number of alkyl halides is 3. The lowest BCUT2D eigenvalue weighted by Gasteiger charge is -2.13. The predicted molar refractivity (Wildman–Crippen MR) is 117 cm³/mol. The van der Waals surface area contributed by atoms with Gasteiger partial charge in [0, 0.05) is 11.1 Å². The zero-order chi connectivity index (χ0) is 24.2. The molecule has 1 aliphatic rings. The van der Waals surface area contributed by atoms with Crippen LogP contribution in [0.3, 0.4) is 0 Å². The minimum absolute atomic E-state index is 0.0324. The first-order valence-electron chi connectivity index (χ1n) is 10.3. The van der Waals surface area contributed by atoms with Gasteiger partial charge in [0.15, 0.2) is 5.71 Å². The molecule has 0 aromatic heterocycles. The number of carbonyl (C=O) groups excluding carboxylic acids is 1. The summed E-state index contributed by atoms with van der Waals surface area (Å²) in [5.74, 6) is -0.522. The Balaban J connectivity index is 1.87. The fourth-order valence-corrected chi connectivity index (χ4v) is 3.42. The molecule has 0 saturated heterocycles. The minimum atomic E-state index is -4.44. The smallest absolute Gasteiger partial charge is 0.416 e. The van der Waals surface area contributed by atoms with Crippen LogP contribution in [0.2, 0.25) is 0 Å². The number of carbonyl (C=O) groups is 1. The lowest BCUT2D eigenvalue weighted by Crippen LogP contribution is -2.20. The van der Waals surface area contributed by atoms with Crippen LogP contribution in [0.25, 0.3) is 0 Å². The number of hydrogen-bond acceptors (Lipinski definition) is 6. The molecule has 1 aliphatic carbocycles. The highest BCUT2D eigenvalue weighted by atomic mass is 19.4. The van der Waals surface area contributed by atoms with E-state index < -0.39 is 17.7 Å². The van der Waals surface area contributed by atoms with Gasteiger partial charge in [-0.05, 0) is 67.5 Å². The Morgan fingerprint density at radius 3 is 2.45 bits per heavy atom. The Morgan fingerprint density at radius 1 is 1.12 bits per heavy atom. The number of methoxy groups -OCH3 is 1. The van der Waals surface area contributed by atoms with Crippen LogP contribution >= 0.6 is 0 Å². The summed E-state index contributed by atoms with van der Waals surface area (Å²) >= 11 is 0. The largest absolute Gasteiger partial charge is 0.464 e. The zero-order valence-corrected chi connectivity index (χ0v) is 18.8. The average Bonchev–Trinajstić information content (AvgIpc) is 3.62. The predicted octanol–water partition coefficient (Wildman–Crippen LogP) is 5.36. The number of aryl methyl sites for hydroxylation is 1. The van der Waals surface area contributed by atoms with E-state index in [-0.39, 0.29) is 18.2 Å². The van der Waals surface area contributed by atoms with Gasteiger partial charge in [0.05, 0.1) is 18.4 Å². The summed E-state index contributed by atoms with van der Waals surface area (Å²) in [5, 5.41) is 7.81. The Bertz CT molecular complexity index is 1090. The van der Waals surface area contributed by atoms with Crippen LogP contribution in [-0.4, -0.2) is 31.6 Å². The van der Waals surface area contributed by atoms with Gasteiger partial charge >= 0.3 is 12.1 Å². The SMILES string of the molecule is CO/N=C(/C(=O)OC)c1cccc(C)c1CO/N=C(\C)c1cc(C2CC2)cc(C(F)(F)F)c1. The van der Waals surface area contributed by atoms with Crippen molar-refractivity contribution in [2.45, 2.75) is 45.4 Å². The topological polar surface area (TPSA) is 69.5 Å². The van der Waals surface area contributed by atoms with Crippen molar-refractivity contribution in [2.24, 2.45) is 10.3 Å². The van der Waals surface area contributed by atoms with Crippen LogP contribution in [-0.2, 0) is 32.0 Å². The van der Waals surface area contributed by atoms with Gasteiger partial charge in [-0.3, -0.25) is 0 Å². The third-order valence-electron chi connectivity index (χ3n) is 5.39. The van der Waals surface area contributed by atoms with E-state index in [0.717, 1.165) is 24.5 Å². The summed E-state index contributed by atoms with van der Waals surface area (Å²) in [6.45, 7) is 3.39. The highest BCUT2D eigenvalue weighted by Gasteiger charge is 2.33. The van der Waals surface area contributed by atoms with E-state index >= 15 is 0 Å². The van der Waals surface area contributed by atoms with Gasteiger partial charge in [-0.15, -0.1) is 0 Å². The van der Waals surface area contributed by atoms with Crippen LogP contribution in [0.5, 0.6) is 0 Å². The molecule has 2 aromatic rings. The maximum absolute atomic E-state index is 13.4. The van der Waals surface area contributed by atoms with Crippen LogP contribution in [0.15, 0.2) is 46.7 Å². The molecule has 1 saturated carbocycles. The van der Waals surface area contributed by atoms with Gasteiger partial charge in [-0.1, -0.05) is 28.5 Å². The van der Waals surface area contributed by atoms with E-state index in [1.165, 1.54) is 20.3 Å². The molecule has 0 aliphatic heterocycles. The molecule has 1 fully saturated rings. The quantitative estimate of drug-likeness (QED) is 0.301. The van der Waals surface area contributed by atoms with Crippen molar-refractivity contribution in [3.63, 3.8) is 0 Å². The monoisotopic (exact) mass is 462 g/mol. The summed E-state index contributed by atoms with van der Waals surface area (Å²) in [7, 11) is 2.55. The second-order valence-electron chi connectivity index (χ2n) is 7.78. The highest BCUT2D eigenvalue weighted by molar-refractivity contribution is 6.43. The van der Waals surface area contributed by atoms with Crippen LogP contribution in [0.4, 0.5) is 13.2 Å². The zero-order valence-electron chi connectivity index (χ0n) is 18.8. The molecule has 0 unspecified atom stereocenters. The van der Waals surface area contributed by atoms with Crippen molar-refractivity contribution in [1.82, 2.24) is 0 Å². The van der Waals surface area contributed by atoms with Crippen LogP contribution < -0.4 is 0 Å². The maximum atomic E-state index is 13.4. The standard InChI is InChI=1S/C24H25F3N2O4/c1-14-6-5-7-20(22(29-32-4)23(30)31-3)21(14)13-33-28-15(2)17-10-18(16-8-9-16)12-19(11-17)24(25,26)27/h5-7,10-12,16H,8-9,13H2,1-4H3/b28-15+,29-22+. The second-order valence-corrected chi connectivity index (χ2v) is 7.78. The van der Waals surface area contributed by atoms with Gasteiger partial charge in [-0.2, -0.15) is 13.2 Å². The Labute approximate surface area is 190 Å². The molecule has 6 nitrogen and oxygen atoms in total. The molecular formula is C24H25F3N2O4. The molecule has 0 bridgehead atoms.